The molecule has 1 fully saturated rings. The van der Waals surface area contributed by atoms with Crippen LogP contribution >= 0.6 is 0 Å². The Hall–Kier alpha value is -1.09. The monoisotopic (exact) mass is 191 g/mol. The molecular weight excluding hydrogens is 174 g/mol. The summed E-state index contributed by atoms with van der Waals surface area (Å²) in [5.41, 5.74) is 1.27. The SMILES string of the molecule is CNC1CCN(c2ncccc2C)C1. The van der Waals surface area contributed by atoms with Gasteiger partial charge in [0.25, 0.3) is 0 Å². The molecule has 1 aliphatic heterocycles. The van der Waals surface area contributed by atoms with E-state index in [-0.39, 0.29) is 0 Å². The molecule has 0 saturated carbocycles. The van der Waals surface area contributed by atoms with E-state index in [1.807, 2.05) is 19.3 Å². The van der Waals surface area contributed by atoms with Crippen molar-refractivity contribution in [2.75, 3.05) is 25.0 Å². The maximum atomic E-state index is 4.43. The second kappa shape index (κ2) is 3.96. The minimum atomic E-state index is 0.622. The Morgan fingerprint density at radius 3 is 3.07 bits per heavy atom. The van der Waals surface area contributed by atoms with Crippen LogP contribution in [-0.4, -0.2) is 31.2 Å². The fraction of sp³-hybridized carbons (Fsp3) is 0.545. The van der Waals surface area contributed by atoms with Crippen LogP contribution in [0.2, 0.25) is 0 Å². The van der Waals surface area contributed by atoms with Crippen molar-refractivity contribution in [2.24, 2.45) is 0 Å². The summed E-state index contributed by atoms with van der Waals surface area (Å²) < 4.78 is 0. The van der Waals surface area contributed by atoms with Crippen LogP contribution in [0.1, 0.15) is 12.0 Å². The van der Waals surface area contributed by atoms with Crippen molar-refractivity contribution < 1.29 is 0 Å². The molecule has 76 valence electrons. The molecule has 3 nitrogen and oxygen atoms in total. The number of nitrogens with one attached hydrogen (secondary N) is 1. The number of nitrogens with zero attached hydrogens (tertiary/aromatic N) is 2. The Morgan fingerprint density at radius 1 is 1.57 bits per heavy atom. The van der Waals surface area contributed by atoms with Crippen molar-refractivity contribution >= 4 is 5.82 Å². The van der Waals surface area contributed by atoms with Gasteiger partial charge in [0.05, 0.1) is 0 Å². The maximum absolute atomic E-state index is 4.43. The summed E-state index contributed by atoms with van der Waals surface area (Å²) in [6.45, 7) is 4.31. The first-order valence-corrected chi connectivity index (χ1v) is 5.15. The molecule has 14 heavy (non-hydrogen) atoms. The zero-order chi connectivity index (χ0) is 9.97. The van der Waals surface area contributed by atoms with E-state index < -0.39 is 0 Å². The molecule has 2 rings (SSSR count). The lowest BCUT2D eigenvalue weighted by molar-refractivity contribution is 0.616. The topological polar surface area (TPSA) is 28.2 Å². The lowest BCUT2D eigenvalue weighted by Crippen LogP contribution is -2.30. The Balaban J connectivity index is 2.13. The standard InChI is InChI=1S/C11H17N3/c1-9-4-3-6-13-11(9)14-7-5-10(8-14)12-2/h3-4,6,10,12H,5,7-8H2,1-2H3. The zero-order valence-corrected chi connectivity index (χ0v) is 8.83. The first-order chi connectivity index (χ1) is 6.81. The van der Waals surface area contributed by atoms with Crippen LogP contribution in [0.25, 0.3) is 0 Å². The number of aromatic nitrogens is 1. The average molecular weight is 191 g/mol. The Labute approximate surface area is 85.1 Å². The normalized spacial score (nSPS) is 21.6. The third-order valence-corrected chi connectivity index (χ3v) is 2.88. The molecule has 1 N–H and O–H groups in total. The van der Waals surface area contributed by atoms with E-state index >= 15 is 0 Å². The molecule has 1 atom stereocenters. The van der Waals surface area contributed by atoms with Crippen molar-refractivity contribution in [2.45, 2.75) is 19.4 Å². The summed E-state index contributed by atoms with van der Waals surface area (Å²) in [6, 6.07) is 4.73. The number of pyridine rings is 1. The molecule has 1 aliphatic rings. The fourth-order valence-corrected chi connectivity index (χ4v) is 2.00. The fourth-order valence-electron chi connectivity index (χ4n) is 2.00. The summed E-state index contributed by atoms with van der Waals surface area (Å²) >= 11 is 0. The van der Waals surface area contributed by atoms with E-state index in [4.69, 9.17) is 0 Å². The minimum Gasteiger partial charge on any atom is -0.355 e. The predicted octanol–water partition coefficient (Wildman–Crippen LogP) is 1.19. The van der Waals surface area contributed by atoms with E-state index in [1.165, 1.54) is 12.0 Å². The largest absolute Gasteiger partial charge is 0.355 e. The minimum absolute atomic E-state index is 0.622. The zero-order valence-electron chi connectivity index (χ0n) is 8.83. The molecule has 1 saturated heterocycles. The van der Waals surface area contributed by atoms with E-state index in [9.17, 15) is 0 Å². The number of anilines is 1. The number of hydrogen-bond donors (Lipinski definition) is 1. The van der Waals surface area contributed by atoms with Gasteiger partial charge in [-0.05, 0) is 32.0 Å². The van der Waals surface area contributed by atoms with Gasteiger partial charge in [-0.1, -0.05) is 6.07 Å². The number of hydrogen-bond acceptors (Lipinski definition) is 3. The molecule has 0 radical (unpaired) electrons. The van der Waals surface area contributed by atoms with Gasteiger partial charge >= 0.3 is 0 Å². The average Bonchev–Trinajstić information content (AvgIpc) is 2.67. The summed E-state index contributed by atoms with van der Waals surface area (Å²) in [7, 11) is 2.03. The van der Waals surface area contributed by atoms with Crippen molar-refractivity contribution in [3.63, 3.8) is 0 Å². The number of aryl methyl sites for hydroxylation is 1. The molecule has 0 spiro atoms. The number of rotatable bonds is 2. The van der Waals surface area contributed by atoms with Gasteiger partial charge < -0.3 is 10.2 Å². The lowest BCUT2D eigenvalue weighted by atomic mass is 10.3. The molecular formula is C11H17N3. The lowest BCUT2D eigenvalue weighted by Gasteiger charge is -2.19. The van der Waals surface area contributed by atoms with Gasteiger partial charge in [0.15, 0.2) is 0 Å². The molecule has 1 aromatic heterocycles. The third-order valence-electron chi connectivity index (χ3n) is 2.88. The second-order valence-corrected chi connectivity index (χ2v) is 3.86. The number of likely N-dealkylation sites (N-methyl/N-ethyl adjacent to an activating group) is 1. The van der Waals surface area contributed by atoms with E-state index in [2.05, 4.69) is 28.2 Å². The van der Waals surface area contributed by atoms with Gasteiger partial charge in [0, 0.05) is 25.3 Å². The van der Waals surface area contributed by atoms with Crippen LogP contribution in [0, 0.1) is 6.92 Å². The van der Waals surface area contributed by atoms with Crippen LogP contribution in [0.5, 0.6) is 0 Å². The first kappa shape index (κ1) is 9.46. The van der Waals surface area contributed by atoms with Gasteiger partial charge in [-0.25, -0.2) is 4.98 Å². The third kappa shape index (κ3) is 1.73. The van der Waals surface area contributed by atoms with Crippen LogP contribution < -0.4 is 10.2 Å². The predicted molar refractivity (Wildman–Crippen MR) is 58.7 cm³/mol. The van der Waals surface area contributed by atoms with Crippen LogP contribution in [0.3, 0.4) is 0 Å². The van der Waals surface area contributed by atoms with Crippen molar-refractivity contribution in [1.82, 2.24) is 10.3 Å². The van der Waals surface area contributed by atoms with E-state index in [0.29, 0.717) is 6.04 Å². The molecule has 1 unspecified atom stereocenters. The highest BCUT2D eigenvalue weighted by Crippen LogP contribution is 2.20. The van der Waals surface area contributed by atoms with Gasteiger partial charge in [-0.2, -0.15) is 0 Å². The quantitative estimate of drug-likeness (QED) is 0.761. The molecule has 3 heteroatoms. The van der Waals surface area contributed by atoms with E-state index in [0.717, 1.165) is 18.9 Å². The van der Waals surface area contributed by atoms with Crippen molar-refractivity contribution in [3.05, 3.63) is 23.9 Å². The summed E-state index contributed by atoms with van der Waals surface area (Å²) in [5.74, 6) is 1.14. The highest BCUT2D eigenvalue weighted by Gasteiger charge is 2.22. The Morgan fingerprint density at radius 2 is 2.43 bits per heavy atom. The van der Waals surface area contributed by atoms with Gasteiger partial charge in [0.1, 0.15) is 5.82 Å². The molecule has 0 aromatic carbocycles. The molecule has 0 amide bonds. The van der Waals surface area contributed by atoms with Crippen molar-refractivity contribution in [3.8, 4) is 0 Å². The molecule has 2 heterocycles. The molecule has 1 aromatic rings. The Bertz CT molecular complexity index is 311. The Kier molecular flexibility index (Phi) is 2.68. The summed E-state index contributed by atoms with van der Waals surface area (Å²) in [6.07, 6.45) is 3.08. The smallest absolute Gasteiger partial charge is 0.131 e. The molecule has 0 bridgehead atoms. The van der Waals surface area contributed by atoms with E-state index in [1.54, 1.807) is 0 Å². The highest BCUT2D eigenvalue weighted by atomic mass is 15.2. The van der Waals surface area contributed by atoms with Crippen LogP contribution in [-0.2, 0) is 0 Å². The van der Waals surface area contributed by atoms with Gasteiger partial charge in [-0.3, -0.25) is 0 Å². The highest BCUT2D eigenvalue weighted by molar-refractivity contribution is 5.46. The maximum Gasteiger partial charge on any atom is 0.131 e. The van der Waals surface area contributed by atoms with Gasteiger partial charge in [-0.15, -0.1) is 0 Å². The summed E-state index contributed by atoms with van der Waals surface area (Å²) in [4.78, 5) is 6.78. The van der Waals surface area contributed by atoms with Crippen LogP contribution in [0.15, 0.2) is 18.3 Å². The van der Waals surface area contributed by atoms with Crippen LogP contribution in [0.4, 0.5) is 5.82 Å². The second-order valence-electron chi connectivity index (χ2n) is 3.86. The first-order valence-electron chi connectivity index (χ1n) is 5.15. The van der Waals surface area contributed by atoms with Gasteiger partial charge in [0.2, 0.25) is 0 Å². The summed E-state index contributed by atoms with van der Waals surface area (Å²) in [5, 5.41) is 3.31. The van der Waals surface area contributed by atoms with Crippen molar-refractivity contribution in [1.29, 1.82) is 0 Å². The molecule has 0 aliphatic carbocycles.